The van der Waals surface area contributed by atoms with Gasteiger partial charge in [-0.1, -0.05) is 0 Å². The minimum Gasteiger partial charge on any atom is -0.372 e. The molecular formula is C11H22N2O2. The Kier molecular flexibility index (Phi) is 4.54. The van der Waals surface area contributed by atoms with Crippen LogP contribution in [0, 0.1) is 0 Å². The first-order valence-electron chi connectivity index (χ1n) is 5.54. The van der Waals surface area contributed by atoms with Gasteiger partial charge in [-0.3, -0.25) is 4.79 Å². The van der Waals surface area contributed by atoms with Crippen LogP contribution in [0.4, 0.5) is 0 Å². The molecule has 0 aromatic heterocycles. The Morgan fingerprint density at radius 3 is 2.73 bits per heavy atom. The summed E-state index contributed by atoms with van der Waals surface area (Å²) in [5.41, 5.74) is 0. The zero-order chi connectivity index (χ0) is 11.4. The molecule has 0 aliphatic carbocycles. The maximum absolute atomic E-state index is 11.9. The molecule has 1 amide bonds. The van der Waals surface area contributed by atoms with Gasteiger partial charge < -0.3 is 14.5 Å². The first-order valence-corrected chi connectivity index (χ1v) is 5.54. The fourth-order valence-electron chi connectivity index (χ4n) is 1.93. The molecular weight excluding hydrogens is 192 g/mol. The molecule has 0 saturated carbocycles. The maximum Gasteiger partial charge on any atom is 0.251 e. The molecule has 1 aliphatic heterocycles. The van der Waals surface area contributed by atoms with E-state index in [-0.39, 0.29) is 12.0 Å². The molecule has 2 atom stereocenters. The van der Waals surface area contributed by atoms with E-state index in [1.165, 1.54) is 6.42 Å². The summed E-state index contributed by atoms with van der Waals surface area (Å²) in [5.74, 6) is 0.115. The molecule has 88 valence electrons. The van der Waals surface area contributed by atoms with Gasteiger partial charge in [0.15, 0.2) is 0 Å². The number of ether oxygens (including phenoxy) is 1. The van der Waals surface area contributed by atoms with Crippen LogP contribution in [-0.2, 0) is 9.53 Å². The van der Waals surface area contributed by atoms with E-state index >= 15 is 0 Å². The highest BCUT2D eigenvalue weighted by Gasteiger charge is 2.27. The summed E-state index contributed by atoms with van der Waals surface area (Å²) in [6.45, 7) is 3.51. The third kappa shape index (κ3) is 3.18. The number of likely N-dealkylation sites (N-methyl/N-ethyl adjacent to an activating group) is 1. The maximum atomic E-state index is 11.9. The Morgan fingerprint density at radius 1 is 1.53 bits per heavy atom. The van der Waals surface area contributed by atoms with Crippen LogP contribution in [0.5, 0.6) is 0 Å². The predicted octanol–water partition coefficient (Wildman–Crippen LogP) is 0.574. The standard InChI is InChI=1S/C11H22N2O2/c1-9(15-4)11(14)13-7-5-6-10(8-13)12(2)3/h9-10H,5-8H2,1-4H3. The van der Waals surface area contributed by atoms with E-state index in [0.29, 0.717) is 6.04 Å². The van der Waals surface area contributed by atoms with Gasteiger partial charge in [-0.05, 0) is 33.9 Å². The molecule has 0 bridgehead atoms. The summed E-state index contributed by atoms with van der Waals surface area (Å²) < 4.78 is 5.06. The van der Waals surface area contributed by atoms with Gasteiger partial charge in [0.1, 0.15) is 6.10 Å². The Labute approximate surface area is 92.2 Å². The smallest absolute Gasteiger partial charge is 0.251 e. The number of nitrogens with zero attached hydrogens (tertiary/aromatic N) is 2. The zero-order valence-corrected chi connectivity index (χ0v) is 10.2. The third-order valence-electron chi connectivity index (χ3n) is 3.14. The summed E-state index contributed by atoms with van der Waals surface area (Å²) in [4.78, 5) is 16.0. The van der Waals surface area contributed by atoms with E-state index in [9.17, 15) is 4.79 Å². The lowest BCUT2D eigenvalue weighted by molar-refractivity contribution is -0.142. The number of hydrogen-bond acceptors (Lipinski definition) is 3. The molecule has 1 aliphatic rings. The zero-order valence-electron chi connectivity index (χ0n) is 10.2. The van der Waals surface area contributed by atoms with Crippen molar-refractivity contribution in [2.24, 2.45) is 0 Å². The average Bonchev–Trinajstić information content (AvgIpc) is 2.27. The van der Waals surface area contributed by atoms with E-state index in [1.54, 1.807) is 7.11 Å². The second kappa shape index (κ2) is 5.47. The third-order valence-corrected chi connectivity index (χ3v) is 3.14. The Hall–Kier alpha value is -0.610. The van der Waals surface area contributed by atoms with Gasteiger partial charge >= 0.3 is 0 Å². The SMILES string of the molecule is COC(C)C(=O)N1CCCC(N(C)C)C1. The van der Waals surface area contributed by atoms with Gasteiger partial charge in [-0.2, -0.15) is 0 Å². The van der Waals surface area contributed by atoms with Crippen LogP contribution in [0.2, 0.25) is 0 Å². The number of amides is 1. The van der Waals surface area contributed by atoms with Gasteiger partial charge in [0.05, 0.1) is 0 Å². The van der Waals surface area contributed by atoms with Crippen LogP contribution in [0.25, 0.3) is 0 Å². The molecule has 15 heavy (non-hydrogen) atoms. The molecule has 0 spiro atoms. The lowest BCUT2D eigenvalue weighted by Crippen LogP contribution is -2.50. The normalized spacial score (nSPS) is 24.3. The molecule has 0 aromatic carbocycles. The first kappa shape index (κ1) is 12.5. The summed E-state index contributed by atoms with van der Waals surface area (Å²) in [5, 5.41) is 0. The van der Waals surface area contributed by atoms with Crippen molar-refractivity contribution < 1.29 is 9.53 Å². The van der Waals surface area contributed by atoms with Gasteiger partial charge in [0.2, 0.25) is 0 Å². The minimum atomic E-state index is -0.314. The Morgan fingerprint density at radius 2 is 2.20 bits per heavy atom. The molecule has 0 N–H and O–H groups in total. The first-order chi connectivity index (χ1) is 7.06. The van der Waals surface area contributed by atoms with Gasteiger partial charge in [0, 0.05) is 26.2 Å². The van der Waals surface area contributed by atoms with Crippen molar-refractivity contribution in [1.82, 2.24) is 9.80 Å². The van der Waals surface area contributed by atoms with Crippen LogP contribution in [-0.4, -0.2) is 62.1 Å². The number of carbonyl (C=O) groups is 1. The summed E-state index contributed by atoms with van der Waals surface area (Å²) in [7, 11) is 5.72. The molecule has 2 unspecified atom stereocenters. The lowest BCUT2D eigenvalue weighted by Gasteiger charge is -2.37. The number of rotatable bonds is 3. The van der Waals surface area contributed by atoms with Gasteiger partial charge in [-0.25, -0.2) is 0 Å². The van der Waals surface area contributed by atoms with Crippen LogP contribution >= 0.6 is 0 Å². The van der Waals surface area contributed by atoms with Crippen LogP contribution < -0.4 is 0 Å². The summed E-state index contributed by atoms with van der Waals surface area (Å²) in [6.07, 6.45) is 1.95. The van der Waals surface area contributed by atoms with Crippen LogP contribution in [0.1, 0.15) is 19.8 Å². The average molecular weight is 214 g/mol. The van der Waals surface area contributed by atoms with E-state index < -0.39 is 0 Å². The molecule has 1 heterocycles. The highest BCUT2D eigenvalue weighted by molar-refractivity contribution is 5.80. The van der Waals surface area contributed by atoms with Gasteiger partial charge in [-0.15, -0.1) is 0 Å². The molecule has 4 heteroatoms. The summed E-state index contributed by atoms with van der Waals surface area (Å²) >= 11 is 0. The second-order valence-electron chi connectivity index (χ2n) is 4.42. The van der Waals surface area contributed by atoms with Crippen molar-refractivity contribution in [2.45, 2.75) is 31.9 Å². The molecule has 1 fully saturated rings. The highest BCUT2D eigenvalue weighted by atomic mass is 16.5. The molecule has 0 radical (unpaired) electrons. The number of likely N-dealkylation sites (tertiary alicyclic amines) is 1. The number of carbonyl (C=O) groups excluding carboxylic acids is 1. The van der Waals surface area contributed by atoms with E-state index in [2.05, 4.69) is 19.0 Å². The van der Waals surface area contributed by atoms with Crippen molar-refractivity contribution in [1.29, 1.82) is 0 Å². The monoisotopic (exact) mass is 214 g/mol. The van der Waals surface area contributed by atoms with E-state index in [0.717, 1.165) is 19.5 Å². The second-order valence-corrected chi connectivity index (χ2v) is 4.42. The number of methoxy groups -OCH3 is 1. The predicted molar refractivity (Wildman–Crippen MR) is 59.8 cm³/mol. The van der Waals surface area contributed by atoms with Crippen molar-refractivity contribution >= 4 is 5.91 Å². The van der Waals surface area contributed by atoms with Gasteiger partial charge in [0.25, 0.3) is 5.91 Å². The largest absolute Gasteiger partial charge is 0.372 e. The van der Waals surface area contributed by atoms with Crippen molar-refractivity contribution in [2.75, 3.05) is 34.3 Å². The van der Waals surface area contributed by atoms with Crippen LogP contribution in [0.3, 0.4) is 0 Å². The van der Waals surface area contributed by atoms with Crippen molar-refractivity contribution in [3.63, 3.8) is 0 Å². The summed E-state index contributed by atoms with van der Waals surface area (Å²) in [6, 6.07) is 0.492. The number of hydrogen-bond donors (Lipinski definition) is 0. The minimum absolute atomic E-state index is 0.115. The lowest BCUT2D eigenvalue weighted by atomic mass is 10.0. The van der Waals surface area contributed by atoms with Crippen molar-refractivity contribution in [3.8, 4) is 0 Å². The Balaban J connectivity index is 2.52. The topological polar surface area (TPSA) is 32.8 Å². The van der Waals surface area contributed by atoms with E-state index in [1.807, 2.05) is 11.8 Å². The number of piperidine rings is 1. The quantitative estimate of drug-likeness (QED) is 0.689. The fraction of sp³-hybridized carbons (Fsp3) is 0.909. The fourth-order valence-corrected chi connectivity index (χ4v) is 1.93. The molecule has 1 rings (SSSR count). The molecule has 1 saturated heterocycles. The van der Waals surface area contributed by atoms with E-state index in [4.69, 9.17) is 4.74 Å². The molecule has 4 nitrogen and oxygen atoms in total. The van der Waals surface area contributed by atoms with Crippen molar-refractivity contribution in [3.05, 3.63) is 0 Å². The molecule has 0 aromatic rings. The highest BCUT2D eigenvalue weighted by Crippen LogP contribution is 2.14. The Bertz CT molecular complexity index is 219. The van der Waals surface area contributed by atoms with Crippen LogP contribution in [0.15, 0.2) is 0 Å².